The lowest BCUT2D eigenvalue weighted by molar-refractivity contribution is 0.0707. The molecule has 1 aliphatic rings. The van der Waals surface area contributed by atoms with Crippen molar-refractivity contribution in [3.05, 3.63) is 44.9 Å². The molecule has 1 aromatic carbocycles. The van der Waals surface area contributed by atoms with Crippen LogP contribution in [0.1, 0.15) is 39.1 Å². The van der Waals surface area contributed by atoms with Gasteiger partial charge in [0.05, 0.1) is 10.6 Å². The molecular weight excluding hydrogens is 306 g/mol. The first-order valence-electron chi connectivity index (χ1n) is 6.99. The largest absolute Gasteiger partial charge is 0.338 e. The van der Waals surface area contributed by atoms with E-state index in [-0.39, 0.29) is 11.8 Å². The molecule has 1 aromatic heterocycles. The van der Waals surface area contributed by atoms with Gasteiger partial charge in [-0.2, -0.15) is 0 Å². The maximum Gasteiger partial charge on any atom is 0.255 e. The number of hydrogen-bond acceptors (Lipinski definition) is 4. The zero-order valence-electron chi connectivity index (χ0n) is 11.8. The third-order valence-corrected chi connectivity index (χ3v) is 5.03. The van der Waals surface area contributed by atoms with Crippen LogP contribution in [0.5, 0.6) is 0 Å². The Kier molecular flexibility index (Phi) is 4.22. The van der Waals surface area contributed by atoms with Gasteiger partial charge in [-0.15, -0.1) is 21.5 Å². The number of benzene rings is 1. The highest BCUT2D eigenvalue weighted by atomic mass is 35.5. The van der Waals surface area contributed by atoms with E-state index in [0.717, 1.165) is 29.4 Å². The number of amides is 1. The average Bonchev–Trinajstić information content (AvgIpc) is 2.94. The van der Waals surface area contributed by atoms with Gasteiger partial charge < -0.3 is 4.90 Å². The standard InChI is InChI=1S/C15H16ClN3OS/c1-10-17-18-14(21-10)11-5-4-8-19(9-11)15(20)12-6-2-3-7-13(12)16/h2-3,6-7,11H,4-5,8-9H2,1H3/t11-/m1/s1. The molecule has 21 heavy (non-hydrogen) atoms. The molecule has 0 radical (unpaired) electrons. The molecule has 0 bridgehead atoms. The van der Waals surface area contributed by atoms with Crippen LogP contribution in [-0.4, -0.2) is 34.1 Å². The van der Waals surface area contributed by atoms with Crippen molar-refractivity contribution in [2.75, 3.05) is 13.1 Å². The van der Waals surface area contributed by atoms with E-state index in [9.17, 15) is 4.79 Å². The van der Waals surface area contributed by atoms with Crippen LogP contribution in [0.25, 0.3) is 0 Å². The predicted octanol–water partition coefficient (Wildman–Crippen LogP) is 3.52. The zero-order valence-corrected chi connectivity index (χ0v) is 13.3. The molecule has 0 N–H and O–H groups in total. The lowest BCUT2D eigenvalue weighted by Gasteiger charge is -2.31. The Morgan fingerprint density at radius 2 is 2.19 bits per heavy atom. The number of nitrogens with zero attached hydrogens (tertiary/aromatic N) is 3. The summed E-state index contributed by atoms with van der Waals surface area (Å²) in [5.74, 6) is 0.294. The summed E-state index contributed by atoms with van der Waals surface area (Å²) >= 11 is 7.75. The van der Waals surface area contributed by atoms with Crippen molar-refractivity contribution in [3.63, 3.8) is 0 Å². The third-order valence-electron chi connectivity index (χ3n) is 3.70. The SMILES string of the molecule is Cc1nnc([C@@H]2CCCN(C(=O)c3ccccc3Cl)C2)s1. The highest BCUT2D eigenvalue weighted by molar-refractivity contribution is 7.11. The molecule has 2 heterocycles. The van der Waals surface area contributed by atoms with Crippen LogP contribution in [0.4, 0.5) is 0 Å². The van der Waals surface area contributed by atoms with Gasteiger partial charge in [-0.25, -0.2) is 0 Å². The topological polar surface area (TPSA) is 46.1 Å². The van der Waals surface area contributed by atoms with Crippen LogP contribution in [0.15, 0.2) is 24.3 Å². The number of likely N-dealkylation sites (tertiary alicyclic amines) is 1. The smallest absolute Gasteiger partial charge is 0.255 e. The molecule has 0 saturated carbocycles. The molecule has 3 rings (SSSR count). The molecule has 0 unspecified atom stereocenters. The van der Waals surface area contributed by atoms with Crippen molar-refractivity contribution < 1.29 is 4.79 Å². The van der Waals surface area contributed by atoms with Crippen molar-refractivity contribution in [3.8, 4) is 0 Å². The van der Waals surface area contributed by atoms with Crippen LogP contribution >= 0.6 is 22.9 Å². The molecule has 4 nitrogen and oxygen atoms in total. The summed E-state index contributed by atoms with van der Waals surface area (Å²) in [6.45, 7) is 3.42. The summed E-state index contributed by atoms with van der Waals surface area (Å²) in [5.41, 5.74) is 0.577. The van der Waals surface area contributed by atoms with Crippen molar-refractivity contribution in [1.29, 1.82) is 0 Å². The Balaban J connectivity index is 1.77. The summed E-state index contributed by atoms with van der Waals surface area (Å²) in [4.78, 5) is 14.5. The monoisotopic (exact) mass is 321 g/mol. The van der Waals surface area contributed by atoms with Crippen molar-refractivity contribution in [2.45, 2.75) is 25.7 Å². The van der Waals surface area contributed by atoms with Gasteiger partial charge in [-0.05, 0) is 31.9 Å². The first-order chi connectivity index (χ1) is 10.1. The molecule has 2 aromatic rings. The lowest BCUT2D eigenvalue weighted by Crippen LogP contribution is -2.39. The Labute approximate surface area is 132 Å². The number of aromatic nitrogens is 2. The predicted molar refractivity (Wildman–Crippen MR) is 84.0 cm³/mol. The van der Waals surface area contributed by atoms with Crippen LogP contribution in [-0.2, 0) is 0 Å². The van der Waals surface area contributed by atoms with E-state index in [0.29, 0.717) is 17.1 Å². The van der Waals surface area contributed by atoms with Gasteiger partial charge in [0.25, 0.3) is 5.91 Å². The van der Waals surface area contributed by atoms with Gasteiger partial charge in [-0.1, -0.05) is 23.7 Å². The number of hydrogen-bond donors (Lipinski definition) is 0. The average molecular weight is 322 g/mol. The number of aryl methyl sites for hydroxylation is 1. The normalized spacial score (nSPS) is 18.8. The molecule has 110 valence electrons. The van der Waals surface area contributed by atoms with Gasteiger partial charge in [-0.3, -0.25) is 4.79 Å². The maximum absolute atomic E-state index is 12.6. The summed E-state index contributed by atoms with van der Waals surface area (Å²) < 4.78 is 0. The second-order valence-electron chi connectivity index (χ2n) is 5.23. The summed E-state index contributed by atoms with van der Waals surface area (Å²) in [5, 5.41) is 10.8. The summed E-state index contributed by atoms with van der Waals surface area (Å²) in [6.07, 6.45) is 2.04. The van der Waals surface area contributed by atoms with Crippen molar-refractivity contribution in [2.24, 2.45) is 0 Å². The van der Waals surface area contributed by atoms with Gasteiger partial charge in [0.2, 0.25) is 0 Å². The molecule has 1 amide bonds. The van der Waals surface area contributed by atoms with E-state index in [4.69, 9.17) is 11.6 Å². The molecule has 0 aliphatic carbocycles. The maximum atomic E-state index is 12.6. The summed E-state index contributed by atoms with van der Waals surface area (Å²) in [7, 11) is 0. The molecule has 0 spiro atoms. The minimum absolute atomic E-state index is 0.00605. The van der Waals surface area contributed by atoms with E-state index < -0.39 is 0 Å². The Morgan fingerprint density at radius 3 is 2.90 bits per heavy atom. The fourth-order valence-electron chi connectivity index (χ4n) is 2.65. The second-order valence-corrected chi connectivity index (χ2v) is 6.85. The van der Waals surface area contributed by atoms with Gasteiger partial charge >= 0.3 is 0 Å². The first-order valence-corrected chi connectivity index (χ1v) is 8.18. The second kappa shape index (κ2) is 6.12. The van der Waals surface area contributed by atoms with E-state index in [1.54, 1.807) is 23.5 Å². The highest BCUT2D eigenvalue weighted by Gasteiger charge is 2.28. The lowest BCUT2D eigenvalue weighted by atomic mass is 9.98. The number of rotatable bonds is 2. The van der Waals surface area contributed by atoms with E-state index in [1.165, 1.54) is 0 Å². The fraction of sp³-hybridized carbons (Fsp3) is 0.400. The van der Waals surface area contributed by atoms with Gasteiger partial charge in [0, 0.05) is 19.0 Å². The first kappa shape index (κ1) is 14.5. The molecule has 1 atom stereocenters. The number of piperidine rings is 1. The fourth-order valence-corrected chi connectivity index (χ4v) is 3.69. The van der Waals surface area contributed by atoms with Crippen LogP contribution in [0.3, 0.4) is 0 Å². The molecule has 1 saturated heterocycles. The minimum Gasteiger partial charge on any atom is -0.338 e. The Hall–Kier alpha value is -1.46. The molecule has 6 heteroatoms. The van der Waals surface area contributed by atoms with Crippen molar-refractivity contribution >= 4 is 28.8 Å². The zero-order chi connectivity index (χ0) is 14.8. The van der Waals surface area contributed by atoms with Crippen molar-refractivity contribution in [1.82, 2.24) is 15.1 Å². The van der Waals surface area contributed by atoms with Crippen LogP contribution in [0.2, 0.25) is 5.02 Å². The van der Waals surface area contributed by atoms with Crippen LogP contribution in [0, 0.1) is 6.92 Å². The van der Waals surface area contributed by atoms with Crippen LogP contribution < -0.4 is 0 Å². The van der Waals surface area contributed by atoms with E-state index in [2.05, 4.69) is 10.2 Å². The molecular formula is C15H16ClN3OS. The molecule has 1 fully saturated rings. The quantitative estimate of drug-likeness (QED) is 0.850. The third kappa shape index (κ3) is 3.09. The Morgan fingerprint density at radius 1 is 1.38 bits per heavy atom. The minimum atomic E-state index is 0.00605. The number of halogens is 1. The molecule has 1 aliphatic heterocycles. The summed E-state index contributed by atoms with van der Waals surface area (Å²) in [6, 6.07) is 7.21. The number of carbonyl (C=O) groups is 1. The number of carbonyl (C=O) groups excluding carboxylic acids is 1. The van der Waals surface area contributed by atoms with E-state index >= 15 is 0 Å². The highest BCUT2D eigenvalue weighted by Crippen LogP contribution is 2.30. The Bertz CT molecular complexity index is 658. The van der Waals surface area contributed by atoms with Gasteiger partial charge in [0.1, 0.15) is 10.0 Å². The van der Waals surface area contributed by atoms with E-state index in [1.807, 2.05) is 24.0 Å². The van der Waals surface area contributed by atoms with Gasteiger partial charge in [0.15, 0.2) is 0 Å².